The summed E-state index contributed by atoms with van der Waals surface area (Å²) in [5.74, 6) is -1.52. The smallest absolute Gasteiger partial charge is 0.416 e. The van der Waals surface area contributed by atoms with Crippen molar-refractivity contribution in [1.29, 1.82) is 0 Å². The van der Waals surface area contributed by atoms with Crippen molar-refractivity contribution in [2.75, 3.05) is 32.1 Å². The molecule has 8 nitrogen and oxygen atoms in total. The van der Waals surface area contributed by atoms with Gasteiger partial charge in [0.25, 0.3) is 0 Å². The predicted octanol–water partition coefficient (Wildman–Crippen LogP) is 6.64. The van der Waals surface area contributed by atoms with E-state index < -0.39 is 65.2 Å². The highest BCUT2D eigenvalue weighted by Gasteiger charge is 2.44. The van der Waals surface area contributed by atoms with Gasteiger partial charge in [-0.05, 0) is 74.4 Å². The zero-order valence-corrected chi connectivity index (χ0v) is 25.4. The van der Waals surface area contributed by atoms with Crippen molar-refractivity contribution in [3.05, 3.63) is 65.0 Å². The molecule has 1 saturated carbocycles. The van der Waals surface area contributed by atoms with E-state index in [4.69, 9.17) is 10.5 Å². The number of ether oxygens (including phenoxy) is 1. The minimum atomic E-state index is -5.10. The molecule has 2 fully saturated rings. The van der Waals surface area contributed by atoms with Crippen LogP contribution in [0.15, 0.2) is 42.5 Å². The van der Waals surface area contributed by atoms with Gasteiger partial charge < -0.3 is 20.3 Å². The third-order valence-electron chi connectivity index (χ3n) is 9.03. The Kier molecular flexibility index (Phi) is 10.1. The van der Waals surface area contributed by atoms with Crippen molar-refractivity contribution in [3.8, 4) is 0 Å². The topological polar surface area (TPSA) is 96.2 Å². The molecule has 46 heavy (non-hydrogen) atoms. The lowest BCUT2D eigenvalue weighted by Crippen LogP contribution is -2.48. The Bertz CT molecular complexity index is 1390. The average Bonchev–Trinajstić information content (AvgIpc) is 3.44. The lowest BCUT2D eigenvalue weighted by molar-refractivity contribution is -0.143. The van der Waals surface area contributed by atoms with E-state index in [1.54, 1.807) is 11.8 Å². The van der Waals surface area contributed by atoms with Gasteiger partial charge in [0.15, 0.2) is 0 Å². The Morgan fingerprint density at radius 3 is 1.93 bits per heavy atom. The van der Waals surface area contributed by atoms with E-state index in [2.05, 4.69) is 0 Å². The van der Waals surface area contributed by atoms with Gasteiger partial charge in [-0.3, -0.25) is 9.69 Å². The van der Waals surface area contributed by atoms with E-state index in [-0.39, 0.29) is 36.9 Å². The van der Waals surface area contributed by atoms with Gasteiger partial charge in [-0.1, -0.05) is 12.1 Å². The van der Waals surface area contributed by atoms with Gasteiger partial charge in [-0.25, -0.2) is 14.0 Å². The van der Waals surface area contributed by atoms with Crippen LogP contribution >= 0.6 is 0 Å². The van der Waals surface area contributed by atoms with E-state index >= 15 is 0 Å². The van der Waals surface area contributed by atoms with Crippen LogP contribution in [-0.2, 0) is 21.9 Å². The highest BCUT2D eigenvalue weighted by Crippen LogP contribution is 2.40. The van der Waals surface area contributed by atoms with Crippen LogP contribution in [0, 0.1) is 17.7 Å². The second-order valence-electron chi connectivity index (χ2n) is 11.9. The number of carbonyl (C=O) groups is 3. The number of likely N-dealkylation sites (N-methyl/N-ethyl adjacent to an activating group) is 1. The Morgan fingerprint density at radius 2 is 1.43 bits per heavy atom. The summed E-state index contributed by atoms with van der Waals surface area (Å²) in [5.41, 5.74) is 1.98. The summed E-state index contributed by atoms with van der Waals surface area (Å²) in [4.78, 5) is 41.9. The van der Waals surface area contributed by atoms with Crippen molar-refractivity contribution >= 4 is 23.7 Å². The third kappa shape index (κ3) is 7.84. The fourth-order valence-electron chi connectivity index (χ4n) is 6.39. The maximum Gasteiger partial charge on any atom is 0.416 e. The number of anilines is 1. The second kappa shape index (κ2) is 13.4. The highest BCUT2D eigenvalue weighted by molar-refractivity contribution is 5.92. The molecule has 0 bridgehead atoms. The maximum atomic E-state index is 13.8. The number of rotatable bonds is 6. The molecule has 0 spiro atoms. The first-order valence-corrected chi connectivity index (χ1v) is 14.7. The molecule has 0 aromatic heterocycles. The van der Waals surface area contributed by atoms with Crippen LogP contribution in [0.3, 0.4) is 0 Å². The molecule has 1 unspecified atom stereocenters. The van der Waals surface area contributed by atoms with Crippen LogP contribution in [-0.4, -0.2) is 67.2 Å². The first kappa shape index (κ1) is 34.8. The number of amides is 4. The van der Waals surface area contributed by atoms with Crippen LogP contribution in [0.25, 0.3) is 0 Å². The van der Waals surface area contributed by atoms with Gasteiger partial charge >= 0.3 is 24.5 Å². The van der Waals surface area contributed by atoms with Crippen molar-refractivity contribution in [2.45, 2.75) is 63.0 Å². The minimum absolute atomic E-state index is 0.0184. The standard InChI is InChI=1S/C31H35F7N4O4/c1-17(46-28(39)44)18-4-6-20(7-5-18)27(43)42-15-25(19-8-10-23(32)11-9-19)26(16-42)41(3)29(45)40(2)24-13-21(30(33,34)35)12-22(14-24)31(36,37)38/h8-14,17-18,20,25-26H,4-7,15-16H2,1-3H3,(H2,39,44)/t17?,18?,20?,25-,26+/m0/s1. The van der Waals surface area contributed by atoms with Crippen LogP contribution in [0.4, 0.5) is 46.0 Å². The number of primary amides is 1. The first-order valence-electron chi connectivity index (χ1n) is 14.7. The number of nitrogens with zero attached hydrogens (tertiary/aromatic N) is 3. The molecule has 252 valence electrons. The molecular formula is C31H35F7N4O4. The SMILES string of the molecule is CC(OC(N)=O)C1CCC(C(=O)N2C[C@@H](N(C)C(=O)N(C)c3cc(C(F)(F)F)cc(C(F)(F)F)c3)[C@H](c3ccc(F)cc3)C2)CC1. The number of benzene rings is 2. The monoisotopic (exact) mass is 660 g/mol. The fourth-order valence-corrected chi connectivity index (χ4v) is 6.39. The number of alkyl halides is 6. The molecule has 3 atom stereocenters. The van der Waals surface area contributed by atoms with Gasteiger partial charge in [0.1, 0.15) is 11.9 Å². The molecule has 4 rings (SSSR count). The number of halogens is 7. The third-order valence-corrected chi connectivity index (χ3v) is 9.03. The van der Waals surface area contributed by atoms with E-state index in [0.29, 0.717) is 48.3 Å². The van der Waals surface area contributed by atoms with Gasteiger partial charge in [0.2, 0.25) is 5.91 Å². The molecule has 15 heteroatoms. The Hall–Kier alpha value is -4.04. The van der Waals surface area contributed by atoms with Gasteiger partial charge in [-0.2, -0.15) is 26.3 Å². The molecule has 2 aliphatic rings. The Labute approximate surface area is 261 Å². The normalized spacial score (nSPS) is 22.7. The van der Waals surface area contributed by atoms with Gasteiger partial charge in [0, 0.05) is 44.7 Å². The Balaban J connectivity index is 1.56. The number of hydrogen-bond donors (Lipinski definition) is 1. The first-order chi connectivity index (χ1) is 21.4. The van der Waals surface area contributed by atoms with Crippen LogP contribution in [0.1, 0.15) is 55.2 Å². The summed E-state index contributed by atoms with van der Waals surface area (Å²) in [6.07, 6.45) is -9.21. The van der Waals surface area contributed by atoms with Crippen LogP contribution < -0.4 is 10.6 Å². The van der Waals surface area contributed by atoms with Crippen molar-refractivity contribution < 1.29 is 49.9 Å². The summed E-state index contributed by atoms with van der Waals surface area (Å²) < 4.78 is 99.8. The summed E-state index contributed by atoms with van der Waals surface area (Å²) in [7, 11) is 2.43. The average molecular weight is 661 g/mol. The largest absolute Gasteiger partial charge is 0.446 e. The lowest BCUT2D eigenvalue weighted by Gasteiger charge is -2.34. The van der Waals surface area contributed by atoms with E-state index in [0.717, 1.165) is 7.05 Å². The number of nitrogens with two attached hydrogens (primary N) is 1. The molecular weight excluding hydrogens is 625 g/mol. The number of carbonyl (C=O) groups excluding carboxylic acids is 3. The summed E-state index contributed by atoms with van der Waals surface area (Å²) in [6.45, 7) is 1.93. The quantitative estimate of drug-likeness (QED) is 0.352. The molecule has 1 aliphatic heterocycles. The van der Waals surface area contributed by atoms with E-state index in [1.807, 2.05) is 0 Å². The van der Waals surface area contributed by atoms with Crippen LogP contribution in [0.2, 0.25) is 0 Å². The summed E-state index contributed by atoms with van der Waals surface area (Å²) >= 11 is 0. The van der Waals surface area contributed by atoms with Crippen LogP contribution in [0.5, 0.6) is 0 Å². The molecule has 1 saturated heterocycles. The molecule has 2 aromatic carbocycles. The predicted molar refractivity (Wildman–Crippen MR) is 153 cm³/mol. The molecule has 4 amide bonds. The number of likely N-dealkylation sites (tertiary alicyclic amines) is 1. The second-order valence-corrected chi connectivity index (χ2v) is 11.9. The zero-order valence-electron chi connectivity index (χ0n) is 25.4. The molecule has 2 N–H and O–H groups in total. The van der Waals surface area contributed by atoms with E-state index in [9.17, 15) is 45.1 Å². The van der Waals surface area contributed by atoms with Crippen molar-refractivity contribution in [3.63, 3.8) is 0 Å². The number of urea groups is 1. The zero-order chi connectivity index (χ0) is 34.1. The molecule has 1 heterocycles. The highest BCUT2D eigenvalue weighted by atomic mass is 19.4. The van der Waals surface area contributed by atoms with Crippen molar-refractivity contribution in [1.82, 2.24) is 9.80 Å². The molecule has 0 radical (unpaired) electrons. The fraction of sp³-hybridized carbons (Fsp3) is 0.516. The number of hydrogen-bond acceptors (Lipinski definition) is 4. The Morgan fingerprint density at radius 1 is 0.891 bits per heavy atom. The van der Waals surface area contributed by atoms with Gasteiger partial charge in [0.05, 0.1) is 17.2 Å². The lowest BCUT2D eigenvalue weighted by atomic mass is 9.79. The minimum Gasteiger partial charge on any atom is -0.446 e. The summed E-state index contributed by atoms with van der Waals surface area (Å²) in [5, 5.41) is 0. The van der Waals surface area contributed by atoms with Gasteiger partial charge in [-0.15, -0.1) is 0 Å². The summed E-state index contributed by atoms with van der Waals surface area (Å²) in [6, 6.07) is 4.75. The van der Waals surface area contributed by atoms with E-state index in [1.165, 1.54) is 36.2 Å². The molecule has 2 aromatic rings. The molecule has 1 aliphatic carbocycles. The van der Waals surface area contributed by atoms with Crippen molar-refractivity contribution in [2.24, 2.45) is 17.6 Å². The maximum absolute atomic E-state index is 13.8.